The number of benzene rings is 2. The van der Waals surface area contributed by atoms with Crippen LogP contribution in [0.5, 0.6) is 0 Å². The number of carbonyl (C=O) groups excluding carboxylic acids is 2. The lowest BCUT2D eigenvalue weighted by Crippen LogP contribution is -2.46. The Morgan fingerprint density at radius 1 is 0.939 bits per heavy atom. The summed E-state index contributed by atoms with van der Waals surface area (Å²) >= 11 is 0. The largest absolute Gasteiger partial charge is 0.368 e. The molecule has 3 aromatic rings. The van der Waals surface area contributed by atoms with Crippen molar-refractivity contribution in [1.29, 1.82) is 0 Å². The smallest absolute Gasteiger partial charge is 0.264 e. The number of nitrogens with zero attached hydrogens (tertiary/aromatic N) is 4. The minimum atomic E-state index is -0.383. The Balaban J connectivity index is 1.36. The van der Waals surface area contributed by atoms with Gasteiger partial charge < -0.3 is 4.90 Å². The molecule has 2 aliphatic rings. The molecule has 1 N–H and O–H groups in total. The van der Waals surface area contributed by atoms with Gasteiger partial charge in [-0.1, -0.05) is 36.4 Å². The van der Waals surface area contributed by atoms with E-state index in [1.54, 1.807) is 6.07 Å². The van der Waals surface area contributed by atoms with Crippen molar-refractivity contribution in [3.63, 3.8) is 0 Å². The van der Waals surface area contributed by atoms with Crippen molar-refractivity contribution in [1.82, 2.24) is 20.0 Å². The SMILES string of the molecule is Cc1n[nH]c(C)c1C(C)N1C(=O)c2cccc(N3CCN(Cc4ccccc4)CC3)c2C1=O. The molecule has 1 fully saturated rings. The van der Waals surface area contributed by atoms with E-state index in [-0.39, 0.29) is 17.9 Å². The Morgan fingerprint density at radius 2 is 1.67 bits per heavy atom. The topological polar surface area (TPSA) is 72.5 Å². The van der Waals surface area contributed by atoms with Gasteiger partial charge in [-0.25, -0.2) is 0 Å². The van der Waals surface area contributed by atoms with Crippen molar-refractivity contribution in [3.05, 3.63) is 82.2 Å². The van der Waals surface area contributed by atoms with Crippen molar-refractivity contribution in [2.75, 3.05) is 31.1 Å². The molecule has 0 bridgehead atoms. The van der Waals surface area contributed by atoms with Crippen LogP contribution < -0.4 is 4.90 Å². The first-order chi connectivity index (χ1) is 16.0. The van der Waals surface area contributed by atoms with Gasteiger partial charge in [-0.3, -0.25) is 24.5 Å². The fourth-order valence-electron chi connectivity index (χ4n) is 5.19. The number of aryl methyl sites for hydroxylation is 2. The quantitative estimate of drug-likeness (QED) is 0.609. The molecule has 1 atom stereocenters. The molecule has 7 nitrogen and oxygen atoms in total. The maximum absolute atomic E-state index is 13.6. The lowest BCUT2D eigenvalue weighted by atomic mass is 10.0. The maximum atomic E-state index is 13.6. The Morgan fingerprint density at radius 3 is 2.33 bits per heavy atom. The predicted octanol–water partition coefficient (Wildman–Crippen LogP) is 3.71. The molecule has 1 saturated heterocycles. The van der Waals surface area contributed by atoms with Crippen molar-refractivity contribution in [2.45, 2.75) is 33.4 Å². The van der Waals surface area contributed by atoms with Crippen LogP contribution in [0.1, 0.15) is 56.2 Å². The summed E-state index contributed by atoms with van der Waals surface area (Å²) in [6.45, 7) is 10.1. The van der Waals surface area contributed by atoms with E-state index in [1.165, 1.54) is 10.5 Å². The lowest BCUT2D eigenvalue weighted by Gasteiger charge is -2.36. The van der Waals surface area contributed by atoms with E-state index in [1.807, 2.05) is 39.0 Å². The van der Waals surface area contributed by atoms with E-state index < -0.39 is 0 Å². The highest BCUT2D eigenvalue weighted by molar-refractivity contribution is 6.24. The van der Waals surface area contributed by atoms with E-state index in [9.17, 15) is 9.59 Å². The molecule has 33 heavy (non-hydrogen) atoms. The lowest BCUT2D eigenvalue weighted by molar-refractivity contribution is 0.0595. The van der Waals surface area contributed by atoms with Crippen molar-refractivity contribution < 1.29 is 9.59 Å². The number of H-pyrrole nitrogens is 1. The van der Waals surface area contributed by atoms with Crippen LogP contribution in [0, 0.1) is 13.8 Å². The van der Waals surface area contributed by atoms with Gasteiger partial charge in [0, 0.05) is 44.0 Å². The van der Waals surface area contributed by atoms with E-state index in [0.717, 1.165) is 55.4 Å². The van der Waals surface area contributed by atoms with Gasteiger partial charge in [0.15, 0.2) is 0 Å². The van der Waals surface area contributed by atoms with Crippen molar-refractivity contribution in [2.24, 2.45) is 0 Å². The summed E-state index contributed by atoms with van der Waals surface area (Å²) in [4.78, 5) is 32.9. The van der Waals surface area contributed by atoms with Gasteiger partial charge in [-0.05, 0) is 38.5 Å². The third kappa shape index (κ3) is 3.72. The average molecular weight is 444 g/mol. The maximum Gasteiger partial charge on any atom is 0.264 e. The van der Waals surface area contributed by atoms with E-state index in [2.05, 4.69) is 44.3 Å². The van der Waals surface area contributed by atoms with Gasteiger partial charge in [0.25, 0.3) is 11.8 Å². The molecule has 1 unspecified atom stereocenters. The molecular weight excluding hydrogens is 414 g/mol. The highest BCUT2D eigenvalue weighted by Gasteiger charge is 2.42. The van der Waals surface area contributed by atoms with E-state index in [4.69, 9.17) is 0 Å². The monoisotopic (exact) mass is 443 g/mol. The third-order valence-corrected chi connectivity index (χ3v) is 6.88. The fourth-order valence-corrected chi connectivity index (χ4v) is 5.19. The first kappa shape index (κ1) is 21.4. The van der Waals surface area contributed by atoms with Crippen LogP contribution >= 0.6 is 0 Å². The average Bonchev–Trinajstić information content (AvgIpc) is 3.30. The van der Waals surface area contributed by atoms with Gasteiger partial charge in [0.1, 0.15) is 0 Å². The highest BCUT2D eigenvalue weighted by atomic mass is 16.2. The Labute approximate surface area is 194 Å². The summed E-state index contributed by atoms with van der Waals surface area (Å²) in [6.07, 6.45) is 0. The van der Waals surface area contributed by atoms with Crippen LogP contribution in [0.2, 0.25) is 0 Å². The molecule has 0 aliphatic carbocycles. The van der Waals surface area contributed by atoms with Gasteiger partial charge in [0.2, 0.25) is 0 Å². The number of hydrogen-bond acceptors (Lipinski definition) is 5. The minimum absolute atomic E-state index is 0.218. The van der Waals surface area contributed by atoms with Crippen molar-refractivity contribution in [3.8, 4) is 0 Å². The number of piperazine rings is 1. The van der Waals surface area contributed by atoms with E-state index >= 15 is 0 Å². The molecule has 1 aromatic heterocycles. The minimum Gasteiger partial charge on any atom is -0.368 e. The molecule has 7 heteroatoms. The number of amides is 2. The summed E-state index contributed by atoms with van der Waals surface area (Å²) in [5.41, 5.74) is 5.79. The normalized spacial score (nSPS) is 17.5. The number of nitrogens with one attached hydrogen (secondary N) is 1. The molecule has 2 aromatic carbocycles. The Bertz CT molecular complexity index is 1180. The summed E-state index contributed by atoms with van der Waals surface area (Å²) < 4.78 is 0. The Kier molecular flexibility index (Phi) is 5.50. The molecule has 5 rings (SSSR count). The molecule has 2 amide bonds. The molecule has 3 heterocycles. The van der Waals surface area contributed by atoms with Gasteiger partial charge in [-0.15, -0.1) is 0 Å². The van der Waals surface area contributed by atoms with Crippen LogP contribution in [-0.2, 0) is 6.54 Å². The zero-order chi connectivity index (χ0) is 23.1. The number of fused-ring (bicyclic) bond motifs is 1. The number of imide groups is 1. The van der Waals surface area contributed by atoms with Gasteiger partial charge >= 0.3 is 0 Å². The number of aromatic amines is 1. The second kappa shape index (κ2) is 8.48. The second-order valence-electron chi connectivity index (χ2n) is 8.95. The van der Waals surface area contributed by atoms with Crippen LogP contribution in [0.25, 0.3) is 0 Å². The zero-order valence-electron chi connectivity index (χ0n) is 19.3. The first-order valence-corrected chi connectivity index (χ1v) is 11.5. The number of hydrogen-bond donors (Lipinski definition) is 1. The summed E-state index contributed by atoms with van der Waals surface area (Å²) in [7, 11) is 0. The Hall–Kier alpha value is -3.45. The van der Waals surface area contributed by atoms with Gasteiger partial charge in [0.05, 0.1) is 28.6 Å². The van der Waals surface area contributed by atoms with Crippen LogP contribution in [0.15, 0.2) is 48.5 Å². The standard InChI is InChI=1S/C26H29N5O2/c1-17-23(18(2)28-27-17)19(3)31-25(32)21-10-7-11-22(24(21)26(31)33)30-14-12-29(13-15-30)16-20-8-5-4-6-9-20/h4-11,19H,12-16H2,1-3H3,(H,27,28). The molecule has 0 radical (unpaired) electrons. The third-order valence-electron chi connectivity index (χ3n) is 6.88. The number of rotatable bonds is 5. The summed E-state index contributed by atoms with van der Waals surface area (Å²) in [5.74, 6) is -0.447. The summed E-state index contributed by atoms with van der Waals surface area (Å²) in [6, 6.07) is 15.7. The van der Waals surface area contributed by atoms with Crippen LogP contribution in [-0.4, -0.2) is 58.0 Å². The zero-order valence-corrected chi connectivity index (χ0v) is 19.3. The fraction of sp³-hybridized carbons (Fsp3) is 0.346. The van der Waals surface area contributed by atoms with Crippen molar-refractivity contribution >= 4 is 17.5 Å². The van der Waals surface area contributed by atoms with Crippen LogP contribution in [0.4, 0.5) is 5.69 Å². The molecule has 2 aliphatic heterocycles. The molecule has 0 spiro atoms. The first-order valence-electron chi connectivity index (χ1n) is 11.5. The van der Waals surface area contributed by atoms with E-state index in [0.29, 0.717) is 11.1 Å². The number of carbonyl (C=O) groups is 2. The van der Waals surface area contributed by atoms with Crippen LogP contribution in [0.3, 0.4) is 0 Å². The predicted molar refractivity (Wildman–Crippen MR) is 127 cm³/mol. The second-order valence-corrected chi connectivity index (χ2v) is 8.95. The van der Waals surface area contributed by atoms with Gasteiger partial charge in [-0.2, -0.15) is 5.10 Å². The number of aromatic nitrogens is 2. The highest BCUT2D eigenvalue weighted by Crippen LogP contribution is 2.37. The molecule has 170 valence electrons. The number of anilines is 1. The molecular formula is C26H29N5O2. The summed E-state index contributed by atoms with van der Waals surface area (Å²) in [5, 5.41) is 7.21. The molecule has 0 saturated carbocycles.